The number of nitrogens with zero attached hydrogens (tertiary/aromatic N) is 1. The number of likely N-dealkylation sites (tertiary alicyclic amines) is 1. The highest BCUT2D eigenvalue weighted by Crippen LogP contribution is 2.19. The zero-order chi connectivity index (χ0) is 16.9. The summed E-state index contributed by atoms with van der Waals surface area (Å²) in [6.45, 7) is 4.18. The molecule has 0 aliphatic carbocycles. The van der Waals surface area contributed by atoms with Crippen LogP contribution in [0.1, 0.15) is 18.4 Å². The van der Waals surface area contributed by atoms with Crippen LogP contribution in [0, 0.1) is 17.7 Å². The molecule has 3 unspecified atom stereocenters. The van der Waals surface area contributed by atoms with Crippen LogP contribution in [0.15, 0.2) is 24.3 Å². The van der Waals surface area contributed by atoms with E-state index in [1.807, 2.05) is 6.07 Å². The van der Waals surface area contributed by atoms with Crippen LogP contribution in [0.3, 0.4) is 0 Å². The highest BCUT2D eigenvalue weighted by atomic mass is 19.1. The lowest BCUT2D eigenvalue weighted by Crippen LogP contribution is -2.44. The molecule has 1 aromatic carbocycles. The van der Waals surface area contributed by atoms with Crippen LogP contribution in [0.5, 0.6) is 0 Å². The van der Waals surface area contributed by atoms with E-state index in [0.717, 1.165) is 31.5 Å². The van der Waals surface area contributed by atoms with Crippen LogP contribution in [0.25, 0.3) is 0 Å². The first-order valence-electron chi connectivity index (χ1n) is 8.75. The van der Waals surface area contributed by atoms with Gasteiger partial charge in [-0.3, -0.25) is 9.69 Å². The van der Waals surface area contributed by atoms with Gasteiger partial charge >= 0.3 is 0 Å². The molecule has 0 bridgehead atoms. The fourth-order valence-electron chi connectivity index (χ4n) is 3.61. The van der Waals surface area contributed by atoms with Crippen molar-refractivity contribution in [3.8, 4) is 0 Å². The maximum absolute atomic E-state index is 13.3. The molecular formula is C18H26FN3O2. The second-order valence-corrected chi connectivity index (χ2v) is 6.94. The fourth-order valence-corrected chi connectivity index (χ4v) is 3.61. The van der Waals surface area contributed by atoms with Crippen molar-refractivity contribution >= 4 is 5.91 Å². The number of nitrogens with one attached hydrogen (secondary N) is 2. The van der Waals surface area contributed by atoms with Crippen LogP contribution in [-0.4, -0.2) is 54.7 Å². The predicted molar refractivity (Wildman–Crippen MR) is 89.8 cm³/mol. The Morgan fingerprint density at radius 1 is 1.42 bits per heavy atom. The molecular weight excluding hydrogens is 309 g/mol. The second kappa shape index (κ2) is 8.05. The Labute approximate surface area is 142 Å². The first-order chi connectivity index (χ1) is 11.6. The van der Waals surface area contributed by atoms with Gasteiger partial charge in [0.15, 0.2) is 0 Å². The number of carbonyl (C=O) groups is 1. The first-order valence-corrected chi connectivity index (χ1v) is 8.75. The molecule has 132 valence electrons. The number of halogens is 1. The first kappa shape index (κ1) is 17.3. The van der Waals surface area contributed by atoms with Gasteiger partial charge in [-0.25, -0.2) is 4.39 Å². The van der Waals surface area contributed by atoms with Gasteiger partial charge in [0.05, 0.1) is 12.0 Å². The maximum atomic E-state index is 13.3. The molecule has 1 amide bonds. The molecule has 24 heavy (non-hydrogen) atoms. The van der Waals surface area contributed by atoms with Crippen LogP contribution in [-0.2, 0) is 11.3 Å². The fraction of sp³-hybridized carbons (Fsp3) is 0.611. The van der Waals surface area contributed by atoms with E-state index in [9.17, 15) is 14.3 Å². The quantitative estimate of drug-likeness (QED) is 0.742. The molecule has 0 saturated carbocycles. The number of hydrogen-bond donors (Lipinski definition) is 3. The summed E-state index contributed by atoms with van der Waals surface area (Å²) in [5.41, 5.74) is 0.941. The van der Waals surface area contributed by atoms with E-state index in [4.69, 9.17) is 0 Å². The summed E-state index contributed by atoms with van der Waals surface area (Å²) >= 11 is 0. The zero-order valence-corrected chi connectivity index (χ0v) is 13.9. The molecule has 6 heteroatoms. The third-order valence-corrected chi connectivity index (χ3v) is 5.01. The number of amides is 1. The average molecular weight is 335 g/mol. The van der Waals surface area contributed by atoms with Crippen LogP contribution in [0.4, 0.5) is 4.39 Å². The van der Waals surface area contributed by atoms with Crippen LogP contribution >= 0.6 is 0 Å². The molecule has 5 nitrogen and oxygen atoms in total. The lowest BCUT2D eigenvalue weighted by molar-refractivity contribution is -0.127. The summed E-state index contributed by atoms with van der Waals surface area (Å²) < 4.78 is 13.3. The predicted octanol–water partition coefficient (Wildman–Crippen LogP) is 0.734. The molecule has 1 aromatic rings. The monoisotopic (exact) mass is 335 g/mol. The molecule has 0 aromatic heterocycles. The van der Waals surface area contributed by atoms with Crippen molar-refractivity contribution < 1.29 is 14.3 Å². The molecule has 2 heterocycles. The van der Waals surface area contributed by atoms with E-state index in [2.05, 4.69) is 15.5 Å². The van der Waals surface area contributed by atoms with E-state index in [-0.39, 0.29) is 29.7 Å². The zero-order valence-electron chi connectivity index (χ0n) is 13.9. The lowest BCUT2D eigenvalue weighted by Gasteiger charge is -2.32. The minimum atomic E-state index is -0.374. The minimum Gasteiger partial charge on any atom is -0.391 e. The maximum Gasteiger partial charge on any atom is 0.224 e. The topological polar surface area (TPSA) is 64.6 Å². The van der Waals surface area contributed by atoms with Crippen molar-refractivity contribution in [1.29, 1.82) is 0 Å². The molecule has 3 N–H and O–H groups in total. The van der Waals surface area contributed by atoms with Gasteiger partial charge in [-0.05, 0) is 37.1 Å². The molecule has 3 atom stereocenters. The average Bonchev–Trinajstić information content (AvgIpc) is 2.98. The molecule has 0 spiro atoms. The standard InChI is InChI=1S/C18H26FN3O2/c19-16-5-1-3-13(7-16)11-22-6-2-4-14(12-22)18(24)21-9-15-8-20-10-17(15)23/h1,3,5,7,14-15,17,20,23H,2,4,6,8-12H2,(H,21,24). The summed E-state index contributed by atoms with van der Waals surface area (Å²) in [7, 11) is 0. The summed E-state index contributed by atoms with van der Waals surface area (Å²) in [5.74, 6) is -0.0830. The Hall–Kier alpha value is -1.50. The van der Waals surface area contributed by atoms with Gasteiger partial charge in [-0.2, -0.15) is 0 Å². The summed E-state index contributed by atoms with van der Waals surface area (Å²) in [4.78, 5) is 14.6. The normalized spacial score (nSPS) is 28.0. The Bertz CT molecular complexity index is 569. The largest absolute Gasteiger partial charge is 0.391 e. The summed E-state index contributed by atoms with van der Waals surface area (Å²) in [5, 5.41) is 15.9. The molecule has 2 aliphatic heterocycles. The highest BCUT2D eigenvalue weighted by molar-refractivity contribution is 5.79. The van der Waals surface area contributed by atoms with Crippen molar-refractivity contribution in [3.05, 3.63) is 35.6 Å². The van der Waals surface area contributed by atoms with Crippen molar-refractivity contribution in [3.63, 3.8) is 0 Å². The van der Waals surface area contributed by atoms with E-state index in [1.165, 1.54) is 6.07 Å². The molecule has 2 fully saturated rings. The van der Waals surface area contributed by atoms with Gasteiger partial charge in [-0.15, -0.1) is 0 Å². The highest BCUT2D eigenvalue weighted by Gasteiger charge is 2.29. The number of piperidine rings is 1. The van der Waals surface area contributed by atoms with Crippen molar-refractivity contribution in [2.24, 2.45) is 11.8 Å². The number of hydrogen-bond acceptors (Lipinski definition) is 4. The number of rotatable bonds is 5. The lowest BCUT2D eigenvalue weighted by atomic mass is 9.96. The molecule has 2 saturated heterocycles. The minimum absolute atomic E-state index is 0.0289. The van der Waals surface area contributed by atoms with E-state index in [0.29, 0.717) is 26.2 Å². The Morgan fingerprint density at radius 2 is 2.29 bits per heavy atom. The van der Waals surface area contributed by atoms with E-state index >= 15 is 0 Å². The Morgan fingerprint density at radius 3 is 3.04 bits per heavy atom. The van der Waals surface area contributed by atoms with Crippen molar-refractivity contribution in [2.75, 3.05) is 32.7 Å². The summed E-state index contributed by atoms with van der Waals surface area (Å²) in [6.07, 6.45) is 1.49. The van der Waals surface area contributed by atoms with E-state index in [1.54, 1.807) is 12.1 Å². The Balaban J connectivity index is 1.48. The summed E-state index contributed by atoms with van der Waals surface area (Å²) in [6, 6.07) is 6.64. The van der Waals surface area contributed by atoms with Crippen molar-refractivity contribution in [2.45, 2.75) is 25.5 Å². The number of aliphatic hydroxyl groups excluding tert-OH is 1. The van der Waals surface area contributed by atoms with Gasteiger partial charge < -0.3 is 15.7 Å². The van der Waals surface area contributed by atoms with Gasteiger partial charge in [0.2, 0.25) is 5.91 Å². The van der Waals surface area contributed by atoms with Crippen LogP contribution < -0.4 is 10.6 Å². The van der Waals surface area contributed by atoms with Gasteiger partial charge in [-0.1, -0.05) is 12.1 Å². The smallest absolute Gasteiger partial charge is 0.224 e. The third-order valence-electron chi connectivity index (χ3n) is 5.01. The van der Waals surface area contributed by atoms with E-state index < -0.39 is 0 Å². The number of β-amino-alcohol motifs (C(OH)–C–C–N with tert-alkyl or cyclic N) is 1. The molecule has 0 radical (unpaired) electrons. The van der Waals surface area contributed by atoms with Gasteiger partial charge in [0.1, 0.15) is 5.82 Å². The number of benzene rings is 1. The number of carbonyl (C=O) groups excluding carboxylic acids is 1. The van der Waals surface area contributed by atoms with Crippen LogP contribution in [0.2, 0.25) is 0 Å². The molecule has 2 aliphatic rings. The Kier molecular flexibility index (Phi) is 5.81. The van der Waals surface area contributed by atoms with Gasteiger partial charge in [0, 0.05) is 38.6 Å². The SMILES string of the molecule is O=C(NCC1CNCC1O)C1CCCN(Cc2cccc(F)c2)C1. The van der Waals surface area contributed by atoms with Gasteiger partial charge in [0.25, 0.3) is 0 Å². The second-order valence-electron chi connectivity index (χ2n) is 6.94. The number of aliphatic hydroxyl groups is 1. The van der Waals surface area contributed by atoms with Crippen molar-refractivity contribution in [1.82, 2.24) is 15.5 Å². The molecule has 3 rings (SSSR count). The third kappa shape index (κ3) is 4.53.